The highest BCUT2D eigenvalue weighted by Crippen LogP contribution is 2.23. The molecule has 2 aromatic carbocycles. The summed E-state index contributed by atoms with van der Waals surface area (Å²) in [6, 6.07) is 16.9. The standard InChI is InChI=1S/C18H16ClN3O/c1-12-17(18(23)20-16-11-7-6-10-15(16)19)13(2)22(21-12)14-8-4-3-5-9-14/h3-11H,1-2H3,(H,20,23). The minimum absolute atomic E-state index is 0.213. The summed E-state index contributed by atoms with van der Waals surface area (Å²) in [5.74, 6) is -0.213. The highest BCUT2D eigenvalue weighted by Gasteiger charge is 2.20. The minimum atomic E-state index is -0.213. The van der Waals surface area contributed by atoms with Gasteiger partial charge in [-0.1, -0.05) is 41.9 Å². The van der Waals surface area contributed by atoms with E-state index in [-0.39, 0.29) is 5.91 Å². The third-order valence-electron chi connectivity index (χ3n) is 3.64. The fourth-order valence-electron chi connectivity index (χ4n) is 2.54. The second kappa shape index (κ2) is 6.26. The maximum Gasteiger partial charge on any atom is 0.259 e. The van der Waals surface area contributed by atoms with Crippen molar-refractivity contribution in [1.82, 2.24) is 9.78 Å². The zero-order valence-electron chi connectivity index (χ0n) is 12.9. The van der Waals surface area contributed by atoms with Crippen LogP contribution in [0.15, 0.2) is 54.6 Å². The smallest absolute Gasteiger partial charge is 0.259 e. The van der Waals surface area contributed by atoms with Crippen molar-refractivity contribution in [2.45, 2.75) is 13.8 Å². The summed E-state index contributed by atoms with van der Waals surface area (Å²) < 4.78 is 1.77. The lowest BCUT2D eigenvalue weighted by molar-refractivity contribution is 0.102. The van der Waals surface area contributed by atoms with Crippen molar-refractivity contribution >= 4 is 23.2 Å². The van der Waals surface area contributed by atoms with Gasteiger partial charge in [0.15, 0.2) is 0 Å². The Morgan fingerprint density at radius 2 is 1.70 bits per heavy atom. The number of aromatic nitrogens is 2. The van der Waals surface area contributed by atoms with E-state index in [1.807, 2.05) is 56.3 Å². The number of rotatable bonds is 3. The number of amides is 1. The first-order valence-electron chi connectivity index (χ1n) is 7.25. The maximum atomic E-state index is 12.6. The fraction of sp³-hybridized carbons (Fsp3) is 0.111. The van der Waals surface area contributed by atoms with E-state index in [1.54, 1.807) is 16.8 Å². The van der Waals surface area contributed by atoms with Gasteiger partial charge in [-0.05, 0) is 38.1 Å². The number of anilines is 1. The molecule has 0 aliphatic rings. The Morgan fingerprint density at radius 3 is 2.39 bits per heavy atom. The highest BCUT2D eigenvalue weighted by atomic mass is 35.5. The maximum absolute atomic E-state index is 12.6. The van der Waals surface area contributed by atoms with Crippen LogP contribution in [-0.4, -0.2) is 15.7 Å². The van der Waals surface area contributed by atoms with E-state index in [4.69, 9.17) is 11.6 Å². The number of para-hydroxylation sites is 2. The van der Waals surface area contributed by atoms with Crippen molar-refractivity contribution in [2.24, 2.45) is 0 Å². The Morgan fingerprint density at radius 1 is 1.04 bits per heavy atom. The fourth-order valence-corrected chi connectivity index (χ4v) is 2.72. The molecular weight excluding hydrogens is 310 g/mol. The SMILES string of the molecule is Cc1nn(-c2ccccc2)c(C)c1C(=O)Nc1ccccc1Cl. The Kier molecular flexibility index (Phi) is 4.17. The van der Waals surface area contributed by atoms with Gasteiger partial charge in [-0.3, -0.25) is 4.79 Å². The van der Waals surface area contributed by atoms with Gasteiger partial charge < -0.3 is 5.32 Å². The molecule has 0 saturated carbocycles. The van der Waals surface area contributed by atoms with Crippen LogP contribution >= 0.6 is 11.6 Å². The van der Waals surface area contributed by atoms with Crippen LogP contribution in [0.3, 0.4) is 0 Å². The van der Waals surface area contributed by atoms with E-state index in [1.165, 1.54) is 0 Å². The number of carbonyl (C=O) groups excluding carboxylic acids is 1. The lowest BCUT2D eigenvalue weighted by Crippen LogP contribution is -2.14. The molecule has 0 fully saturated rings. The number of halogens is 1. The van der Waals surface area contributed by atoms with Crippen molar-refractivity contribution in [3.63, 3.8) is 0 Å². The summed E-state index contributed by atoms with van der Waals surface area (Å²) in [4.78, 5) is 12.6. The Balaban J connectivity index is 1.96. The van der Waals surface area contributed by atoms with Crippen LogP contribution in [0.25, 0.3) is 5.69 Å². The Bertz CT molecular complexity index is 856. The summed E-state index contributed by atoms with van der Waals surface area (Å²) in [5.41, 5.74) is 3.54. The summed E-state index contributed by atoms with van der Waals surface area (Å²) in [7, 11) is 0. The van der Waals surface area contributed by atoms with Gasteiger partial charge in [0.1, 0.15) is 0 Å². The van der Waals surface area contributed by atoms with Gasteiger partial charge >= 0.3 is 0 Å². The van der Waals surface area contributed by atoms with E-state index in [2.05, 4.69) is 10.4 Å². The number of hydrogen-bond donors (Lipinski definition) is 1. The average molecular weight is 326 g/mol. The highest BCUT2D eigenvalue weighted by molar-refractivity contribution is 6.33. The van der Waals surface area contributed by atoms with E-state index in [9.17, 15) is 4.79 Å². The third kappa shape index (κ3) is 2.98. The average Bonchev–Trinajstić information content (AvgIpc) is 2.85. The first-order valence-corrected chi connectivity index (χ1v) is 7.63. The first kappa shape index (κ1) is 15.3. The van der Waals surface area contributed by atoms with Gasteiger partial charge in [0.05, 0.1) is 33.3 Å². The summed E-state index contributed by atoms with van der Waals surface area (Å²) in [5, 5.41) is 7.84. The van der Waals surface area contributed by atoms with Crippen LogP contribution in [-0.2, 0) is 0 Å². The zero-order chi connectivity index (χ0) is 16.4. The number of aryl methyl sites for hydroxylation is 1. The largest absolute Gasteiger partial charge is 0.321 e. The molecule has 5 heteroatoms. The lowest BCUT2D eigenvalue weighted by atomic mass is 10.1. The number of carbonyl (C=O) groups is 1. The molecule has 0 spiro atoms. The van der Waals surface area contributed by atoms with Gasteiger partial charge in [0.2, 0.25) is 0 Å². The van der Waals surface area contributed by atoms with E-state index < -0.39 is 0 Å². The Labute approximate surface area is 139 Å². The molecule has 0 aliphatic heterocycles. The molecule has 3 aromatic rings. The van der Waals surface area contributed by atoms with Crippen molar-refractivity contribution in [3.05, 3.63) is 76.6 Å². The molecule has 0 atom stereocenters. The van der Waals surface area contributed by atoms with Crippen molar-refractivity contribution < 1.29 is 4.79 Å². The molecule has 4 nitrogen and oxygen atoms in total. The number of benzene rings is 2. The van der Waals surface area contributed by atoms with E-state index >= 15 is 0 Å². The quantitative estimate of drug-likeness (QED) is 0.776. The van der Waals surface area contributed by atoms with Crippen LogP contribution in [0, 0.1) is 13.8 Å². The molecule has 116 valence electrons. The normalized spacial score (nSPS) is 10.6. The van der Waals surface area contributed by atoms with Crippen molar-refractivity contribution in [1.29, 1.82) is 0 Å². The molecule has 1 aromatic heterocycles. The molecule has 0 unspecified atom stereocenters. The lowest BCUT2D eigenvalue weighted by Gasteiger charge is -2.08. The van der Waals surface area contributed by atoms with Gasteiger partial charge in [-0.25, -0.2) is 4.68 Å². The van der Waals surface area contributed by atoms with Gasteiger partial charge in [-0.15, -0.1) is 0 Å². The van der Waals surface area contributed by atoms with Gasteiger partial charge in [0.25, 0.3) is 5.91 Å². The number of nitrogens with one attached hydrogen (secondary N) is 1. The summed E-state index contributed by atoms with van der Waals surface area (Å²) in [6.45, 7) is 3.71. The second-order valence-corrected chi connectivity index (χ2v) is 5.63. The monoisotopic (exact) mass is 325 g/mol. The molecule has 0 bridgehead atoms. The molecule has 0 radical (unpaired) electrons. The van der Waals surface area contributed by atoms with Crippen molar-refractivity contribution in [3.8, 4) is 5.69 Å². The molecule has 1 amide bonds. The third-order valence-corrected chi connectivity index (χ3v) is 3.97. The molecule has 0 aliphatic carbocycles. The predicted octanol–water partition coefficient (Wildman–Crippen LogP) is 4.39. The van der Waals surface area contributed by atoms with Crippen LogP contribution < -0.4 is 5.32 Å². The molecule has 0 saturated heterocycles. The zero-order valence-corrected chi connectivity index (χ0v) is 13.6. The topological polar surface area (TPSA) is 46.9 Å². The van der Waals surface area contributed by atoms with Crippen LogP contribution in [0.4, 0.5) is 5.69 Å². The molecule has 3 rings (SSSR count). The molecule has 1 N–H and O–H groups in total. The minimum Gasteiger partial charge on any atom is -0.321 e. The van der Waals surface area contributed by atoms with Crippen LogP contribution in [0.2, 0.25) is 5.02 Å². The Hall–Kier alpha value is -2.59. The second-order valence-electron chi connectivity index (χ2n) is 5.23. The molecular formula is C18H16ClN3O. The van der Waals surface area contributed by atoms with E-state index in [0.717, 1.165) is 11.4 Å². The van der Waals surface area contributed by atoms with Crippen molar-refractivity contribution in [2.75, 3.05) is 5.32 Å². The number of hydrogen-bond acceptors (Lipinski definition) is 2. The van der Waals surface area contributed by atoms with Gasteiger partial charge in [-0.2, -0.15) is 5.10 Å². The number of nitrogens with zero attached hydrogens (tertiary/aromatic N) is 2. The molecule has 23 heavy (non-hydrogen) atoms. The van der Waals surface area contributed by atoms with Crippen LogP contribution in [0.1, 0.15) is 21.7 Å². The predicted molar refractivity (Wildman–Crippen MR) is 92.4 cm³/mol. The van der Waals surface area contributed by atoms with Crippen LogP contribution in [0.5, 0.6) is 0 Å². The first-order chi connectivity index (χ1) is 11.1. The summed E-state index contributed by atoms with van der Waals surface area (Å²) >= 11 is 6.10. The van der Waals surface area contributed by atoms with E-state index in [0.29, 0.717) is 22.0 Å². The van der Waals surface area contributed by atoms with Gasteiger partial charge in [0, 0.05) is 0 Å². The molecule has 1 heterocycles. The summed E-state index contributed by atoms with van der Waals surface area (Å²) in [6.07, 6.45) is 0.